The summed E-state index contributed by atoms with van der Waals surface area (Å²) in [5, 5.41) is 21.8. The zero-order valence-corrected chi connectivity index (χ0v) is 34.5. The Morgan fingerprint density at radius 2 is 1.31 bits per heavy atom. The van der Waals surface area contributed by atoms with E-state index in [0.717, 1.165) is 11.6 Å². The third-order valence-corrected chi connectivity index (χ3v) is 9.36. The van der Waals surface area contributed by atoms with Gasteiger partial charge in [0, 0.05) is 6.08 Å². The third kappa shape index (κ3) is 16.2. The molecule has 0 spiro atoms. The predicted molar refractivity (Wildman–Crippen MR) is 219 cm³/mol. The number of hydrogen-bond acceptors (Lipinski definition) is 10. The quantitative estimate of drug-likeness (QED) is 0.0752. The van der Waals surface area contributed by atoms with Gasteiger partial charge in [0.2, 0.25) is 41.4 Å². The molecule has 0 aromatic heterocycles. The Hall–Kier alpha value is -6.04. The number of benzene rings is 1. The minimum atomic E-state index is -1.65. The van der Waals surface area contributed by atoms with Crippen molar-refractivity contribution in [2.75, 3.05) is 0 Å². The van der Waals surface area contributed by atoms with Crippen molar-refractivity contribution in [3.63, 3.8) is 0 Å². The van der Waals surface area contributed by atoms with Gasteiger partial charge in [-0.15, -0.1) is 0 Å². The molecule has 1 aromatic carbocycles. The third-order valence-electron chi connectivity index (χ3n) is 8.73. The number of carbonyl (C=O) groups excluding carboxylic acids is 8. The normalized spacial score (nSPS) is 23.5. The second-order valence-electron chi connectivity index (χ2n) is 13.8. The number of rotatable bonds is 14. The van der Waals surface area contributed by atoms with Gasteiger partial charge in [-0.3, -0.25) is 33.6 Å². The summed E-state index contributed by atoms with van der Waals surface area (Å²) in [6.07, 6.45) is 14.0. The number of allylic oxidation sites excluding steroid dienone is 8. The molecule has 0 unspecified atom stereocenters. The van der Waals surface area contributed by atoms with Gasteiger partial charge in [-0.1, -0.05) is 94.9 Å². The number of ether oxygens (including phenoxy) is 1. The summed E-state index contributed by atoms with van der Waals surface area (Å²) in [6.45, 7) is 7.87. The first-order valence-electron chi connectivity index (χ1n) is 18.5. The number of cyclic esters (lactones) is 1. The number of phenolic OH excluding ortho intramolecular Hbond substituents is 1. The summed E-state index contributed by atoms with van der Waals surface area (Å²) in [4.78, 5) is 105. The van der Waals surface area contributed by atoms with E-state index in [-0.39, 0.29) is 5.75 Å². The van der Waals surface area contributed by atoms with E-state index in [9.17, 15) is 43.5 Å². The van der Waals surface area contributed by atoms with Crippen LogP contribution in [-0.4, -0.2) is 88.7 Å². The summed E-state index contributed by atoms with van der Waals surface area (Å²) in [6, 6.07) is -2.45. The highest BCUT2D eigenvalue weighted by Gasteiger charge is 2.39. The van der Waals surface area contributed by atoms with E-state index < -0.39 is 108 Å². The molecule has 1 aliphatic heterocycles. The number of carbonyl (C=O) groups is 8. The second-order valence-corrected chi connectivity index (χ2v) is 14.6. The molecule has 7 atom stereocenters. The van der Waals surface area contributed by atoms with Crippen LogP contribution in [0, 0.1) is 11.8 Å². The molecule has 0 saturated carbocycles. The number of esters is 1. The fraction of sp³-hybridized carbons (Fsp3) is 0.400. The average molecular weight is 871 g/mol. The van der Waals surface area contributed by atoms with Crippen molar-refractivity contribution in [2.24, 2.45) is 23.3 Å². The number of hydrogen-bond donors (Lipinski definition) is 8. The van der Waals surface area contributed by atoms with Crippen LogP contribution in [0.2, 0.25) is 0 Å². The van der Waals surface area contributed by atoms with Gasteiger partial charge in [0.05, 0.1) is 17.3 Å². The highest BCUT2D eigenvalue weighted by molar-refractivity contribution is 9.10. The van der Waals surface area contributed by atoms with E-state index in [4.69, 9.17) is 16.2 Å². The number of amides is 7. The van der Waals surface area contributed by atoms with Crippen molar-refractivity contribution in [1.29, 1.82) is 0 Å². The Morgan fingerprint density at radius 3 is 1.84 bits per heavy atom. The zero-order valence-electron chi connectivity index (χ0n) is 32.9. The van der Waals surface area contributed by atoms with Crippen molar-refractivity contribution in [3.8, 4) is 5.75 Å². The molecule has 314 valence electrons. The fourth-order valence-electron chi connectivity index (χ4n) is 5.30. The van der Waals surface area contributed by atoms with Crippen LogP contribution in [0.1, 0.15) is 59.4 Å². The molecule has 1 heterocycles. The molecular weight excluding hydrogens is 818 g/mol. The first kappa shape index (κ1) is 48.1. The molecule has 1 aromatic rings. The summed E-state index contributed by atoms with van der Waals surface area (Å²) in [5.74, 6) is -8.70. The monoisotopic (exact) mass is 869 g/mol. The largest absolute Gasteiger partial charge is 0.507 e. The molecule has 2 rings (SSSR count). The number of phenols is 1. The minimum Gasteiger partial charge on any atom is -0.507 e. The first-order valence-corrected chi connectivity index (χ1v) is 19.3. The molecule has 1 fully saturated rings. The highest BCUT2D eigenvalue weighted by atomic mass is 79.9. The lowest BCUT2D eigenvalue weighted by Crippen LogP contribution is -2.62. The topological polar surface area (TPSA) is 278 Å². The molecule has 18 heteroatoms. The first-order chi connectivity index (χ1) is 27.3. The lowest BCUT2D eigenvalue weighted by Gasteiger charge is -2.31. The van der Waals surface area contributed by atoms with Crippen molar-refractivity contribution < 1.29 is 48.2 Å². The Bertz CT molecular complexity index is 1840. The molecule has 1 saturated heterocycles. The Kier molecular flexibility index (Phi) is 19.8. The van der Waals surface area contributed by atoms with Crippen LogP contribution in [0.15, 0.2) is 77.4 Å². The number of nitrogens with two attached hydrogens (primary N) is 2. The Balaban J connectivity index is 2.38. The molecule has 17 nitrogen and oxygen atoms in total. The van der Waals surface area contributed by atoms with Crippen molar-refractivity contribution in [2.45, 2.75) is 90.2 Å². The summed E-state index contributed by atoms with van der Waals surface area (Å²) in [7, 11) is 0. The van der Waals surface area contributed by atoms with Crippen LogP contribution in [0.3, 0.4) is 0 Å². The van der Waals surface area contributed by atoms with Crippen molar-refractivity contribution in [1.82, 2.24) is 26.6 Å². The van der Waals surface area contributed by atoms with Crippen molar-refractivity contribution in [3.05, 3.63) is 82.9 Å². The van der Waals surface area contributed by atoms with Gasteiger partial charge in [-0.05, 0) is 52.4 Å². The van der Waals surface area contributed by atoms with E-state index in [1.165, 1.54) is 13.0 Å². The van der Waals surface area contributed by atoms with E-state index in [0.29, 0.717) is 10.9 Å². The summed E-state index contributed by atoms with van der Waals surface area (Å²) < 4.78 is 6.22. The highest BCUT2D eigenvalue weighted by Crippen LogP contribution is 2.24. The van der Waals surface area contributed by atoms with Gasteiger partial charge in [-0.25, -0.2) is 4.79 Å². The van der Waals surface area contributed by atoms with Gasteiger partial charge in [0.25, 0.3) is 0 Å². The smallest absolute Gasteiger partial charge is 0.329 e. The minimum absolute atomic E-state index is 0.145. The summed E-state index contributed by atoms with van der Waals surface area (Å²) in [5.41, 5.74) is 11.6. The number of nitrogens with one attached hydrogen (secondary N) is 5. The number of aromatic hydroxyl groups is 1. The Labute approximate surface area is 345 Å². The second kappa shape index (κ2) is 23.9. The molecule has 0 bridgehead atoms. The van der Waals surface area contributed by atoms with E-state index >= 15 is 0 Å². The number of primary amides is 2. The van der Waals surface area contributed by atoms with Crippen molar-refractivity contribution >= 4 is 69.3 Å². The van der Waals surface area contributed by atoms with Crippen LogP contribution in [0.4, 0.5) is 0 Å². The molecule has 0 radical (unpaired) electrons. The molecule has 58 heavy (non-hydrogen) atoms. The molecule has 7 amide bonds. The van der Waals surface area contributed by atoms with Gasteiger partial charge in [0.1, 0.15) is 42.1 Å². The fourth-order valence-corrected chi connectivity index (χ4v) is 5.70. The van der Waals surface area contributed by atoms with Crippen LogP contribution >= 0.6 is 15.9 Å². The predicted octanol–water partition coefficient (Wildman–Crippen LogP) is 1.21. The van der Waals surface area contributed by atoms with Gasteiger partial charge in [-0.2, -0.15) is 0 Å². The van der Waals surface area contributed by atoms with Crippen LogP contribution in [-0.2, 0) is 43.1 Å². The van der Waals surface area contributed by atoms with Gasteiger partial charge >= 0.3 is 5.97 Å². The maximum Gasteiger partial charge on any atom is 0.329 e. The van der Waals surface area contributed by atoms with E-state index in [2.05, 4.69) is 42.5 Å². The maximum absolute atomic E-state index is 13.8. The number of halogens is 1. The molecule has 0 aliphatic carbocycles. The van der Waals surface area contributed by atoms with Crippen LogP contribution < -0.4 is 38.1 Å². The van der Waals surface area contributed by atoms with Gasteiger partial charge < -0.3 is 47.9 Å². The average Bonchev–Trinajstić information content (AvgIpc) is 3.14. The molecule has 10 N–H and O–H groups in total. The van der Waals surface area contributed by atoms with Crippen LogP contribution in [0.5, 0.6) is 5.75 Å². The summed E-state index contributed by atoms with van der Waals surface area (Å²) >= 11 is 3.27. The zero-order chi connectivity index (χ0) is 43.5. The maximum atomic E-state index is 13.8. The Morgan fingerprint density at radius 1 is 0.793 bits per heavy atom. The SMILES string of the molecule is CC[C@@H](C)[C@@H]1NC(=O)[C@H](CC(N)=O)NC(=O)[C@H](CC(N)=O)NC(=O)[C@H](C(C)C)NC(=O)[C@@H](NC(=O)/C=C/C=C/C=C/C=C/C=C/c2ccc(O)c(Br)c2)[C@@H](C)OC1=O. The lowest BCUT2D eigenvalue weighted by atomic mass is 9.98. The van der Waals surface area contributed by atoms with Crippen LogP contribution in [0.25, 0.3) is 6.08 Å². The standard InChI is InChI=1S/C40H52BrN7O10/c1-6-23(4)34-40(57)58-24(5)35(46-32(52)16-14-12-10-8-7-9-11-13-15-25-17-18-29(49)26(41)19-25)39(56)47-33(22(2)3)38(55)45-27(20-30(42)50)36(53)44-28(21-31(43)51)37(54)48-34/h7-19,22-24,27-28,33-35,49H,6,20-21H2,1-5H3,(H2,42,50)(H2,43,51)(H,44,53)(H,45,55)(H,46,52)(H,47,56)(H,48,54)/b8-7+,11-9+,12-10+,15-13+,16-14+/t23-,24-,27+,28+,33+,34+,35+/m1/s1. The van der Waals surface area contributed by atoms with E-state index in [1.807, 2.05) is 12.2 Å². The van der Waals surface area contributed by atoms with E-state index in [1.54, 1.807) is 82.4 Å². The van der Waals surface area contributed by atoms with Gasteiger partial charge in [0.15, 0.2) is 0 Å². The lowest BCUT2D eigenvalue weighted by molar-refractivity contribution is -0.157. The molecular formula is C40H52BrN7O10. The molecule has 1 aliphatic rings.